The molecule has 1 saturated heterocycles. The Kier molecular flexibility index (Phi) is 4.45. The molecule has 1 aromatic carbocycles. The van der Waals surface area contributed by atoms with Crippen molar-refractivity contribution in [3.63, 3.8) is 0 Å². The molecule has 0 radical (unpaired) electrons. The van der Waals surface area contributed by atoms with Crippen LogP contribution in [0.2, 0.25) is 5.02 Å². The summed E-state index contributed by atoms with van der Waals surface area (Å²) in [6, 6.07) is 11.3. The number of nitro benzene ring substituents is 1. The molecule has 0 aliphatic carbocycles. The minimum absolute atomic E-state index is 0.00372. The Labute approximate surface area is 159 Å². The van der Waals surface area contributed by atoms with Gasteiger partial charge in [0.2, 0.25) is 0 Å². The number of rotatable bonds is 4. The fraction of sp³-hybridized carbons (Fsp3) is 0.211. The van der Waals surface area contributed by atoms with Crippen LogP contribution >= 0.6 is 11.6 Å². The smallest absolute Gasteiger partial charge is 0.290 e. The zero-order valence-corrected chi connectivity index (χ0v) is 15.0. The third-order valence-electron chi connectivity index (χ3n) is 4.74. The van der Waals surface area contributed by atoms with Gasteiger partial charge in [0.15, 0.2) is 5.76 Å². The van der Waals surface area contributed by atoms with Crippen LogP contribution in [0.1, 0.15) is 35.1 Å². The maximum Gasteiger partial charge on any atom is 0.290 e. The van der Waals surface area contributed by atoms with Gasteiger partial charge in [0.1, 0.15) is 5.76 Å². The van der Waals surface area contributed by atoms with E-state index in [0.29, 0.717) is 17.9 Å². The molecule has 1 fully saturated rings. The fourth-order valence-electron chi connectivity index (χ4n) is 3.44. The molecule has 1 aliphatic rings. The van der Waals surface area contributed by atoms with Gasteiger partial charge in [-0.15, -0.1) is 0 Å². The number of likely N-dealkylation sites (tertiary alicyclic amines) is 1. The van der Waals surface area contributed by atoms with E-state index in [1.165, 1.54) is 18.2 Å². The molecule has 3 aromatic rings. The Morgan fingerprint density at radius 3 is 2.85 bits per heavy atom. The maximum absolute atomic E-state index is 12.9. The molecule has 2 aromatic heterocycles. The fourth-order valence-corrected chi connectivity index (χ4v) is 3.71. The largest absolute Gasteiger partial charge is 0.451 e. The monoisotopic (exact) mass is 385 g/mol. The van der Waals surface area contributed by atoms with E-state index in [2.05, 4.69) is 4.98 Å². The minimum Gasteiger partial charge on any atom is -0.451 e. The van der Waals surface area contributed by atoms with Crippen molar-refractivity contribution in [2.24, 2.45) is 0 Å². The van der Waals surface area contributed by atoms with Crippen LogP contribution in [-0.4, -0.2) is 27.3 Å². The Balaban J connectivity index is 1.59. The van der Waals surface area contributed by atoms with Gasteiger partial charge in [-0.3, -0.25) is 14.9 Å². The van der Waals surface area contributed by atoms with E-state index in [-0.39, 0.29) is 28.4 Å². The number of benzene rings is 1. The summed E-state index contributed by atoms with van der Waals surface area (Å²) < 4.78 is 5.74. The average molecular weight is 386 g/mol. The molecule has 0 bridgehead atoms. The second kappa shape index (κ2) is 6.92. The van der Waals surface area contributed by atoms with E-state index in [9.17, 15) is 14.9 Å². The van der Waals surface area contributed by atoms with Crippen LogP contribution in [0.3, 0.4) is 0 Å². The van der Waals surface area contributed by atoms with E-state index in [1.54, 1.807) is 17.0 Å². The lowest BCUT2D eigenvalue weighted by Crippen LogP contribution is -2.30. The zero-order chi connectivity index (χ0) is 19.0. The van der Waals surface area contributed by atoms with Crippen molar-refractivity contribution in [3.8, 4) is 11.3 Å². The predicted octanol–water partition coefficient (Wildman–Crippen LogP) is 4.81. The van der Waals surface area contributed by atoms with Crippen LogP contribution < -0.4 is 0 Å². The molecule has 8 heteroatoms. The van der Waals surface area contributed by atoms with E-state index in [0.717, 1.165) is 18.5 Å². The highest BCUT2D eigenvalue weighted by molar-refractivity contribution is 6.33. The molecule has 138 valence electrons. The third kappa shape index (κ3) is 3.21. The van der Waals surface area contributed by atoms with E-state index >= 15 is 0 Å². The molecule has 0 unspecified atom stereocenters. The highest BCUT2D eigenvalue weighted by Crippen LogP contribution is 2.35. The molecule has 1 aliphatic heterocycles. The lowest BCUT2D eigenvalue weighted by atomic mass is 10.1. The number of H-pyrrole nitrogens is 1. The standard InChI is InChI=1S/C19H16ClN3O4/c20-14-11-12(23(25)26)5-6-13(14)17-7-8-18(27-17)19(24)22-10-2-4-16(22)15-3-1-9-21-15/h1,3,5-9,11,16,21H,2,4,10H2/t16-/m0/s1. The van der Waals surface area contributed by atoms with Gasteiger partial charge in [0, 0.05) is 36.1 Å². The highest BCUT2D eigenvalue weighted by Gasteiger charge is 2.32. The molecule has 0 spiro atoms. The number of hydrogen-bond donors (Lipinski definition) is 1. The topological polar surface area (TPSA) is 92.4 Å². The lowest BCUT2D eigenvalue weighted by molar-refractivity contribution is -0.384. The Morgan fingerprint density at radius 2 is 2.15 bits per heavy atom. The van der Waals surface area contributed by atoms with Crippen LogP contribution in [0.4, 0.5) is 5.69 Å². The van der Waals surface area contributed by atoms with Gasteiger partial charge in [0.05, 0.1) is 16.0 Å². The summed E-state index contributed by atoms with van der Waals surface area (Å²) in [6.45, 7) is 0.664. The second-order valence-corrected chi connectivity index (χ2v) is 6.77. The Bertz CT molecular complexity index is 996. The molecule has 4 rings (SSSR count). The van der Waals surface area contributed by atoms with E-state index in [4.69, 9.17) is 16.0 Å². The summed E-state index contributed by atoms with van der Waals surface area (Å²) in [5.74, 6) is 0.433. The number of carbonyl (C=O) groups is 1. The molecular formula is C19H16ClN3O4. The first-order chi connectivity index (χ1) is 13.0. The summed E-state index contributed by atoms with van der Waals surface area (Å²) in [4.78, 5) is 28.2. The molecule has 0 saturated carbocycles. The van der Waals surface area contributed by atoms with Gasteiger partial charge in [-0.2, -0.15) is 0 Å². The van der Waals surface area contributed by atoms with Crippen LogP contribution in [0.5, 0.6) is 0 Å². The van der Waals surface area contributed by atoms with E-state index < -0.39 is 4.92 Å². The molecule has 1 atom stereocenters. The Hall–Kier alpha value is -3.06. The summed E-state index contributed by atoms with van der Waals surface area (Å²) in [5.41, 5.74) is 1.41. The van der Waals surface area contributed by atoms with Crippen LogP contribution in [-0.2, 0) is 0 Å². The van der Waals surface area contributed by atoms with Crippen LogP contribution in [0, 0.1) is 10.1 Å². The normalized spacial score (nSPS) is 16.6. The van der Waals surface area contributed by atoms with Crippen LogP contribution in [0.25, 0.3) is 11.3 Å². The quantitative estimate of drug-likeness (QED) is 0.515. The predicted molar refractivity (Wildman–Crippen MR) is 99.6 cm³/mol. The summed E-state index contributed by atoms with van der Waals surface area (Å²) in [5, 5.41) is 11.0. The number of aromatic amines is 1. The van der Waals surface area contributed by atoms with Crippen molar-refractivity contribution in [1.82, 2.24) is 9.88 Å². The minimum atomic E-state index is -0.513. The zero-order valence-electron chi connectivity index (χ0n) is 14.2. The van der Waals surface area contributed by atoms with Crippen molar-refractivity contribution >= 4 is 23.2 Å². The van der Waals surface area contributed by atoms with Gasteiger partial charge in [-0.1, -0.05) is 11.6 Å². The third-order valence-corrected chi connectivity index (χ3v) is 5.05. The first kappa shape index (κ1) is 17.4. The number of nitrogens with zero attached hydrogens (tertiary/aromatic N) is 2. The SMILES string of the molecule is O=C(c1ccc(-c2ccc([N+](=O)[O-])cc2Cl)o1)N1CCC[C@H]1c1ccc[nH]1. The summed E-state index contributed by atoms with van der Waals surface area (Å²) >= 11 is 6.15. The summed E-state index contributed by atoms with van der Waals surface area (Å²) in [7, 11) is 0. The van der Waals surface area contributed by atoms with Crippen molar-refractivity contribution in [2.75, 3.05) is 6.54 Å². The molecule has 3 heterocycles. The van der Waals surface area contributed by atoms with E-state index in [1.807, 2.05) is 18.3 Å². The maximum atomic E-state index is 12.9. The number of halogens is 1. The lowest BCUT2D eigenvalue weighted by Gasteiger charge is -2.23. The van der Waals surface area contributed by atoms with Gasteiger partial charge in [-0.05, 0) is 43.2 Å². The first-order valence-corrected chi connectivity index (χ1v) is 8.91. The number of nitrogens with one attached hydrogen (secondary N) is 1. The number of amides is 1. The number of nitro groups is 1. The van der Waals surface area contributed by atoms with Crippen LogP contribution in [0.15, 0.2) is 53.1 Å². The first-order valence-electron chi connectivity index (χ1n) is 8.53. The molecule has 1 amide bonds. The van der Waals surface area contributed by atoms with Gasteiger partial charge >= 0.3 is 0 Å². The Morgan fingerprint density at radius 1 is 1.30 bits per heavy atom. The van der Waals surface area contributed by atoms with Crippen molar-refractivity contribution in [1.29, 1.82) is 0 Å². The van der Waals surface area contributed by atoms with Gasteiger partial charge < -0.3 is 14.3 Å². The number of non-ortho nitro benzene ring substituents is 1. The van der Waals surface area contributed by atoms with Gasteiger partial charge in [0.25, 0.3) is 11.6 Å². The molecule has 7 nitrogen and oxygen atoms in total. The molecule has 27 heavy (non-hydrogen) atoms. The molecular weight excluding hydrogens is 370 g/mol. The van der Waals surface area contributed by atoms with Gasteiger partial charge in [-0.25, -0.2) is 0 Å². The summed E-state index contributed by atoms with van der Waals surface area (Å²) in [6.07, 6.45) is 3.67. The van der Waals surface area contributed by atoms with Crippen molar-refractivity contribution in [3.05, 3.63) is 75.3 Å². The number of carbonyl (C=O) groups excluding carboxylic acids is 1. The van der Waals surface area contributed by atoms with Crippen molar-refractivity contribution < 1.29 is 14.1 Å². The number of furan rings is 1. The highest BCUT2D eigenvalue weighted by atomic mass is 35.5. The number of hydrogen-bond acceptors (Lipinski definition) is 4. The average Bonchev–Trinajstić information content (AvgIpc) is 3.40. The molecule has 1 N–H and O–H groups in total. The second-order valence-electron chi connectivity index (χ2n) is 6.37. The van der Waals surface area contributed by atoms with Crippen molar-refractivity contribution in [2.45, 2.75) is 18.9 Å². The number of aromatic nitrogens is 1.